The molecule has 2 aromatic carbocycles. The first kappa shape index (κ1) is 20.0. The number of halogens is 1. The molecule has 4 aliphatic rings. The average Bonchev–Trinajstić information content (AvgIpc) is 3.47. The number of nitrogens with one attached hydrogen (secondary N) is 1. The van der Waals surface area contributed by atoms with Gasteiger partial charge in [0.25, 0.3) is 5.69 Å². The number of aryl methyl sites for hydroxylation is 1. The third-order valence-corrected chi connectivity index (χ3v) is 7.59. The smallest absolute Gasteiger partial charge is 0.269 e. The lowest BCUT2D eigenvalue weighted by Gasteiger charge is -2.36. The Morgan fingerprint density at radius 2 is 1.94 bits per heavy atom. The van der Waals surface area contributed by atoms with Crippen LogP contribution >= 0.6 is 0 Å². The second kappa shape index (κ2) is 6.44. The topological polar surface area (TPSA) is 113 Å². The number of hydrogen-bond donors (Lipinski definition) is 1. The Morgan fingerprint density at radius 1 is 1.15 bits per heavy atom. The molecule has 0 unspecified atom stereocenters. The van der Waals surface area contributed by atoms with E-state index in [1.807, 2.05) is 4.90 Å². The van der Waals surface area contributed by atoms with Crippen molar-refractivity contribution in [3.05, 3.63) is 63.5 Å². The molecule has 0 saturated carbocycles. The molecular weight excluding hydrogens is 431 g/mol. The van der Waals surface area contributed by atoms with E-state index in [0.717, 1.165) is 11.3 Å². The second-order valence-corrected chi connectivity index (χ2v) is 9.06. The first-order valence-corrected chi connectivity index (χ1v) is 10.8. The van der Waals surface area contributed by atoms with Gasteiger partial charge in [-0.25, -0.2) is 9.29 Å². The Bertz CT molecular complexity index is 1300. The second-order valence-electron chi connectivity index (χ2n) is 9.06. The maximum Gasteiger partial charge on any atom is 0.269 e. The summed E-state index contributed by atoms with van der Waals surface area (Å²) < 4.78 is 14.3. The van der Waals surface area contributed by atoms with Gasteiger partial charge in [0.2, 0.25) is 17.7 Å². The fourth-order valence-corrected chi connectivity index (χ4v) is 6.42. The minimum Gasteiger partial charge on any atom is -0.324 e. The molecule has 9 nitrogen and oxygen atoms in total. The third kappa shape index (κ3) is 2.31. The molecular formula is C23H19FN4O5. The number of non-ortho nitro benzene ring substituents is 1. The van der Waals surface area contributed by atoms with E-state index < -0.39 is 45.8 Å². The van der Waals surface area contributed by atoms with Crippen LogP contribution in [0.4, 0.5) is 21.5 Å². The molecule has 4 aliphatic heterocycles. The zero-order chi connectivity index (χ0) is 23.2. The summed E-state index contributed by atoms with van der Waals surface area (Å²) in [6.07, 6.45) is 1.40. The molecule has 3 fully saturated rings. The quantitative estimate of drug-likeness (QED) is 0.427. The predicted octanol–water partition coefficient (Wildman–Crippen LogP) is 2.47. The van der Waals surface area contributed by atoms with E-state index in [2.05, 4.69) is 5.32 Å². The average molecular weight is 450 g/mol. The number of carbonyl (C=O) groups is 3. The third-order valence-electron chi connectivity index (χ3n) is 7.59. The van der Waals surface area contributed by atoms with Crippen LogP contribution in [0.5, 0.6) is 0 Å². The molecule has 10 heteroatoms. The number of nitro benzene ring substituents is 1. The summed E-state index contributed by atoms with van der Waals surface area (Å²) in [6, 6.07) is 7.65. The number of nitrogens with zero attached hydrogens (tertiary/aromatic N) is 3. The number of rotatable bonds is 2. The normalized spacial score (nSPS) is 30.1. The maximum atomic E-state index is 14.3. The molecule has 0 bridgehead atoms. The monoisotopic (exact) mass is 450 g/mol. The van der Waals surface area contributed by atoms with Gasteiger partial charge in [-0.15, -0.1) is 0 Å². The van der Waals surface area contributed by atoms with Crippen molar-refractivity contribution in [1.82, 2.24) is 4.90 Å². The minimum atomic E-state index is -1.46. The summed E-state index contributed by atoms with van der Waals surface area (Å²) in [7, 11) is 0. The predicted molar refractivity (Wildman–Crippen MR) is 114 cm³/mol. The van der Waals surface area contributed by atoms with Gasteiger partial charge in [-0.1, -0.05) is 0 Å². The largest absolute Gasteiger partial charge is 0.324 e. The Kier molecular flexibility index (Phi) is 3.90. The number of benzene rings is 2. The van der Waals surface area contributed by atoms with Crippen molar-refractivity contribution < 1.29 is 23.7 Å². The molecule has 33 heavy (non-hydrogen) atoms. The fourth-order valence-electron chi connectivity index (χ4n) is 6.42. The Hall–Kier alpha value is -3.66. The number of imide groups is 1. The van der Waals surface area contributed by atoms with Crippen LogP contribution in [0.2, 0.25) is 0 Å². The highest BCUT2D eigenvalue weighted by molar-refractivity contribution is 6.26. The molecule has 3 amide bonds. The van der Waals surface area contributed by atoms with Crippen molar-refractivity contribution in [2.24, 2.45) is 11.8 Å². The lowest BCUT2D eigenvalue weighted by molar-refractivity contribution is -0.384. The molecule has 6 rings (SSSR count). The molecule has 0 aliphatic carbocycles. The van der Waals surface area contributed by atoms with Crippen LogP contribution in [0.15, 0.2) is 36.4 Å². The first-order chi connectivity index (χ1) is 15.8. The highest BCUT2D eigenvalue weighted by atomic mass is 19.1. The molecule has 0 aromatic heterocycles. The van der Waals surface area contributed by atoms with E-state index in [0.29, 0.717) is 29.8 Å². The van der Waals surface area contributed by atoms with Crippen molar-refractivity contribution in [1.29, 1.82) is 0 Å². The van der Waals surface area contributed by atoms with Crippen LogP contribution in [-0.4, -0.2) is 40.1 Å². The lowest BCUT2D eigenvalue weighted by Crippen LogP contribution is -2.54. The van der Waals surface area contributed by atoms with Crippen molar-refractivity contribution in [3.8, 4) is 0 Å². The van der Waals surface area contributed by atoms with E-state index in [1.54, 1.807) is 6.92 Å². The zero-order valence-corrected chi connectivity index (χ0v) is 17.6. The Morgan fingerprint density at radius 3 is 2.67 bits per heavy atom. The number of carbonyl (C=O) groups excluding carboxylic acids is 3. The van der Waals surface area contributed by atoms with Gasteiger partial charge in [-0.05, 0) is 56.1 Å². The molecule has 4 atom stereocenters. The SMILES string of the molecule is Cc1cc([N+](=O)[O-])ccc1N1C(=O)[C@@H]2[C@H]3CCCN3[C@@]3(C(=O)Nc4ccc(F)cc43)[C@@H]2C1=O. The van der Waals surface area contributed by atoms with E-state index >= 15 is 0 Å². The summed E-state index contributed by atoms with van der Waals surface area (Å²) in [6.45, 7) is 2.12. The van der Waals surface area contributed by atoms with Crippen LogP contribution in [0, 0.1) is 34.7 Å². The van der Waals surface area contributed by atoms with E-state index in [-0.39, 0.29) is 17.4 Å². The van der Waals surface area contributed by atoms with Crippen molar-refractivity contribution in [3.63, 3.8) is 0 Å². The van der Waals surface area contributed by atoms with Crippen molar-refractivity contribution in [2.45, 2.75) is 31.3 Å². The van der Waals surface area contributed by atoms with Crippen LogP contribution in [-0.2, 0) is 19.9 Å². The van der Waals surface area contributed by atoms with Gasteiger partial charge in [0.1, 0.15) is 11.4 Å². The maximum absolute atomic E-state index is 14.3. The zero-order valence-electron chi connectivity index (χ0n) is 17.6. The molecule has 1 spiro atoms. The Balaban J connectivity index is 1.53. The van der Waals surface area contributed by atoms with E-state index in [1.165, 1.54) is 36.4 Å². The number of fused-ring (bicyclic) bond motifs is 7. The van der Waals surface area contributed by atoms with Crippen molar-refractivity contribution in [2.75, 3.05) is 16.8 Å². The minimum absolute atomic E-state index is 0.145. The van der Waals surface area contributed by atoms with Gasteiger partial charge in [0.15, 0.2) is 0 Å². The lowest BCUT2D eigenvalue weighted by atomic mass is 9.75. The van der Waals surface area contributed by atoms with Gasteiger partial charge in [-0.2, -0.15) is 0 Å². The van der Waals surface area contributed by atoms with Crippen LogP contribution < -0.4 is 10.2 Å². The van der Waals surface area contributed by atoms with Crippen LogP contribution in [0.3, 0.4) is 0 Å². The van der Waals surface area contributed by atoms with Gasteiger partial charge in [-0.3, -0.25) is 29.4 Å². The fraction of sp³-hybridized carbons (Fsp3) is 0.348. The van der Waals surface area contributed by atoms with E-state index in [4.69, 9.17) is 0 Å². The number of hydrogen-bond acceptors (Lipinski definition) is 6. The van der Waals surface area contributed by atoms with Gasteiger partial charge < -0.3 is 5.32 Å². The van der Waals surface area contributed by atoms with Crippen molar-refractivity contribution >= 4 is 34.8 Å². The molecule has 2 aromatic rings. The van der Waals surface area contributed by atoms with Gasteiger partial charge in [0, 0.05) is 29.4 Å². The summed E-state index contributed by atoms with van der Waals surface area (Å²) in [4.78, 5) is 54.6. The molecule has 0 radical (unpaired) electrons. The number of anilines is 2. The summed E-state index contributed by atoms with van der Waals surface area (Å²) in [5.41, 5.74) is -0.103. The standard InChI is InChI=1S/C23H19FN4O5/c1-11-9-13(28(32)33)5-7-16(11)27-20(29)18-17-3-2-8-26(17)23(19(18)21(27)30)14-10-12(24)4-6-15(14)25-22(23)31/h4-7,9-10,17-19H,2-3,8H2,1H3,(H,25,31)/t17-,18-,19+,23-/m1/s1. The molecule has 3 saturated heterocycles. The highest BCUT2D eigenvalue weighted by Crippen LogP contribution is 2.60. The van der Waals surface area contributed by atoms with Crippen LogP contribution in [0.1, 0.15) is 24.0 Å². The van der Waals surface area contributed by atoms with Gasteiger partial charge in [0.05, 0.1) is 22.4 Å². The summed E-state index contributed by atoms with van der Waals surface area (Å²) in [5, 5.41) is 13.9. The molecule has 1 N–H and O–H groups in total. The molecule has 4 heterocycles. The first-order valence-electron chi connectivity index (χ1n) is 10.8. The number of amides is 3. The summed E-state index contributed by atoms with van der Waals surface area (Å²) >= 11 is 0. The molecule has 168 valence electrons. The highest BCUT2D eigenvalue weighted by Gasteiger charge is 2.74. The number of nitro groups is 1. The van der Waals surface area contributed by atoms with E-state index in [9.17, 15) is 28.9 Å². The Labute approximate surface area is 187 Å². The van der Waals surface area contributed by atoms with Gasteiger partial charge >= 0.3 is 0 Å². The summed E-state index contributed by atoms with van der Waals surface area (Å²) in [5.74, 6) is -3.67. The van der Waals surface area contributed by atoms with Crippen LogP contribution in [0.25, 0.3) is 0 Å².